The van der Waals surface area contributed by atoms with Crippen molar-refractivity contribution in [3.8, 4) is 0 Å². The highest BCUT2D eigenvalue weighted by Crippen LogP contribution is 2.18. The van der Waals surface area contributed by atoms with Crippen LogP contribution in [-0.4, -0.2) is 5.78 Å². The molecule has 0 aliphatic rings. The van der Waals surface area contributed by atoms with Crippen molar-refractivity contribution in [1.82, 2.24) is 0 Å². The molecule has 0 heterocycles. The van der Waals surface area contributed by atoms with Gasteiger partial charge >= 0.3 is 0 Å². The van der Waals surface area contributed by atoms with Gasteiger partial charge in [0.25, 0.3) is 0 Å². The summed E-state index contributed by atoms with van der Waals surface area (Å²) in [4.78, 5) is 11.0. The van der Waals surface area contributed by atoms with Crippen LogP contribution in [0.1, 0.15) is 38.2 Å². The highest BCUT2D eigenvalue weighted by Gasteiger charge is 2.01. The lowest BCUT2D eigenvalue weighted by atomic mass is 9.97. The van der Waals surface area contributed by atoms with Gasteiger partial charge in [0.15, 0.2) is 5.78 Å². The lowest BCUT2D eigenvalue weighted by Gasteiger charge is -2.08. The monoisotopic (exact) mass is 202 g/mol. The van der Waals surface area contributed by atoms with Gasteiger partial charge in [-0.15, -0.1) is 0 Å². The zero-order chi connectivity index (χ0) is 11.1. The maximum absolute atomic E-state index is 11.0. The second kappa shape index (κ2) is 6.18. The Labute approximate surface area is 91.8 Å². The van der Waals surface area contributed by atoms with Crippen molar-refractivity contribution in [3.05, 3.63) is 48.0 Å². The number of carbonyl (C=O) groups excluding carboxylic acids is 1. The largest absolute Gasteiger partial charge is 0.295 e. The van der Waals surface area contributed by atoms with Gasteiger partial charge in [0.05, 0.1) is 0 Å². The van der Waals surface area contributed by atoms with E-state index in [9.17, 15) is 4.79 Å². The van der Waals surface area contributed by atoms with Crippen LogP contribution in [0.4, 0.5) is 0 Å². The molecule has 0 radical (unpaired) electrons. The van der Waals surface area contributed by atoms with E-state index < -0.39 is 0 Å². The summed E-state index contributed by atoms with van der Waals surface area (Å²) in [5, 5.41) is 0. The van der Waals surface area contributed by atoms with Crippen molar-refractivity contribution in [2.24, 2.45) is 0 Å². The van der Waals surface area contributed by atoms with Crippen LogP contribution in [0.15, 0.2) is 42.5 Å². The van der Waals surface area contributed by atoms with Crippen molar-refractivity contribution in [1.29, 1.82) is 0 Å². The van der Waals surface area contributed by atoms with Crippen LogP contribution in [0.5, 0.6) is 0 Å². The van der Waals surface area contributed by atoms with E-state index in [1.807, 2.05) is 31.2 Å². The zero-order valence-corrected chi connectivity index (χ0v) is 9.44. The molecule has 0 saturated carbocycles. The fraction of sp³-hybridized carbons (Fsp3) is 0.357. The van der Waals surface area contributed by atoms with E-state index >= 15 is 0 Å². The van der Waals surface area contributed by atoms with Gasteiger partial charge in [0, 0.05) is 6.42 Å². The van der Waals surface area contributed by atoms with E-state index in [2.05, 4.69) is 19.1 Å². The van der Waals surface area contributed by atoms with Gasteiger partial charge in [-0.1, -0.05) is 50.3 Å². The fourth-order valence-electron chi connectivity index (χ4n) is 1.44. The molecular weight excluding hydrogens is 184 g/mol. The van der Waals surface area contributed by atoms with E-state index in [1.54, 1.807) is 6.08 Å². The molecule has 0 aliphatic carbocycles. The third kappa shape index (κ3) is 4.11. The van der Waals surface area contributed by atoms with Gasteiger partial charge in [-0.3, -0.25) is 4.79 Å². The first-order valence-electron chi connectivity index (χ1n) is 5.48. The quantitative estimate of drug-likeness (QED) is 0.665. The normalized spacial score (nSPS) is 12.9. The minimum Gasteiger partial charge on any atom is -0.295 e. The Morgan fingerprint density at radius 3 is 2.60 bits per heavy atom. The molecule has 0 bridgehead atoms. The average molecular weight is 202 g/mol. The van der Waals surface area contributed by atoms with Gasteiger partial charge in [-0.2, -0.15) is 0 Å². The number of ketones is 1. The molecule has 1 atom stereocenters. The molecule has 0 spiro atoms. The number of carbonyl (C=O) groups is 1. The summed E-state index contributed by atoms with van der Waals surface area (Å²) < 4.78 is 0. The number of benzene rings is 1. The Balaban J connectivity index is 2.47. The van der Waals surface area contributed by atoms with E-state index in [0.717, 1.165) is 6.42 Å². The molecule has 0 aromatic heterocycles. The molecule has 0 saturated heterocycles. The van der Waals surface area contributed by atoms with Crippen molar-refractivity contribution >= 4 is 5.78 Å². The minimum absolute atomic E-state index is 0.204. The van der Waals surface area contributed by atoms with Crippen LogP contribution < -0.4 is 0 Å². The summed E-state index contributed by atoms with van der Waals surface area (Å²) in [5.41, 5.74) is 1.33. The molecule has 15 heavy (non-hydrogen) atoms. The summed E-state index contributed by atoms with van der Waals surface area (Å²) >= 11 is 0. The predicted molar refractivity (Wildman–Crippen MR) is 63.9 cm³/mol. The minimum atomic E-state index is 0.204. The summed E-state index contributed by atoms with van der Waals surface area (Å²) in [5.74, 6) is 0.683. The Kier molecular flexibility index (Phi) is 4.82. The SMILES string of the molecule is CCC(=O)C=CCC(C)c1ccccc1. The molecule has 0 amide bonds. The van der Waals surface area contributed by atoms with Crippen molar-refractivity contribution in [3.63, 3.8) is 0 Å². The highest BCUT2D eigenvalue weighted by atomic mass is 16.1. The van der Waals surface area contributed by atoms with Crippen LogP contribution in [0.25, 0.3) is 0 Å². The lowest BCUT2D eigenvalue weighted by molar-refractivity contribution is -0.114. The van der Waals surface area contributed by atoms with Gasteiger partial charge < -0.3 is 0 Å². The van der Waals surface area contributed by atoms with Crippen molar-refractivity contribution in [2.75, 3.05) is 0 Å². The van der Waals surface area contributed by atoms with Gasteiger partial charge in [-0.25, -0.2) is 0 Å². The molecule has 80 valence electrons. The van der Waals surface area contributed by atoms with E-state index in [-0.39, 0.29) is 5.78 Å². The van der Waals surface area contributed by atoms with Crippen molar-refractivity contribution in [2.45, 2.75) is 32.6 Å². The maximum Gasteiger partial charge on any atom is 0.155 e. The molecule has 1 nitrogen and oxygen atoms in total. The van der Waals surface area contributed by atoms with Crippen LogP contribution in [0.3, 0.4) is 0 Å². The second-order valence-electron chi connectivity index (χ2n) is 3.77. The van der Waals surface area contributed by atoms with E-state index in [1.165, 1.54) is 5.56 Å². The molecule has 1 rings (SSSR count). The van der Waals surface area contributed by atoms with Crippen LogP contribution in [0.2, 0.25) is 0 Å². The predicted octanol–water partition coefficient (Wildman–Crippen LogP) is 3.72. The van der Waals surface area contributed by atoms with Gasteiger partial charge in [0.1, 0.15) is 0 Å². The van der Waals surface area contributed by atoms with E-state index in [4.69, 9.17) is 0 Å². The molecule has 1 heteroatoms. The maximum atomic E-state index is 11.0. The summed E-state index contributed by atoms with van der Waals surface area (Å²) in [6.45, 7) is 4.06. The topological polar surface area (TPSA) is 17.1 Å². The van der Waals surface area contributed by atoms with Crippen LogP contribution in [-0.2, 0) is 4.79 Å². The molecule has 1 aromatic carbocycles. The Bertz CT molecular complexity index is 324. The number of rotatable bonds is 5. The number of hydrogen-bond donors (Lipinski definition) is 0. The van der Waals surface area contributed by atoms with E-state index in [0.29, 0.717) is 12.3 Å². The first kappa shape index (κ1) is 11.7. The van der Waals surface area contributed by atoms with Crippen LogP contribution >= 0.6 is 0 Å². The average Bonchev–Trinajstić information content (AvgIpc) is 2.29. The third-order valence-electron chi connectivity index (χ3n) is 2.51. The first-order chi connectivity index (χ1) is 7.24. The molecule has 0 fully saturated rings. The Morgan fingerprint density at radius 1 is 1.33 bits per heavy atom. The summed E-state index contributed by atoms with van der Waals surface area (Å²) in [7, 11) is 0. The van der Waals surface area contributed by atoms with Crippen molar-refractivity contribution < 1.29 is 4.79 Å². The molecular formula is C14H18O. The third-order valence-corrected chi connectivity index (χ3v) is 2.51. The molecule has 0 aliphatic heterocycles. The Hall–Kier alpha value is -1.37. The lowest BCUT2D eigenvalue weighted by Crippen LogP contribution is -1.92. The first-order valence-corrected chi connectivity index (χ1v) is 5.48. The van der Waals surface area contributed by atoms with Gasteiger partial charge in [-0.05, 0) is 24.0 Å². The Morgan fingerprint density at radius 2 is 2.00 bits per heavy atom. The van der Waals surface area contributed by atoms with Gasteiger partial charge in [0.2, 0.25) is 0 Å². The molecule has 1 unspecified atom stereocenters. The summed E-state index contributed by atoms with van der Waals surface area (Å²) in [6, 6.07) is 10.4. The zero-order valence-electron chi connectivity index (χ0n) is 9.44. The fourth-order valence-corrected chi connectivity index (χ4v) is 1.44. The van der Waals surface area contributed by atoms with Crippen LogP contribution in [0, 0.1) is 0 Å². The standard InChI is InChI=1S/C14H18O/c1-3-14(15)11-7-8-12(2)13-9-5-4-6-10-13/h4-7,9-12H,3,8H2,1-2H3. The summed E-state index contributed by atoms with van der Waals surface area (Å²) in [6.07, 6.45) is 5.19. The number of hydrogen-bond acceptors (Lipinski definition) is 1. The molecule has 1 aromatic rings. The smallest absolute Gasteiger partial charge is 0.155 e. The molecule has 0 N–H and O–H groups in total. The highest BCUT2D eigenvalue weighted by molar-refractivity contribution is 5.89. The second-order valence-corrected chi connectivity index (χ2v) is 3.77. The number of allylic oxidation sites excluding steroid dienone is 2.